The topological polar surface area (TPSA) is 120 Å². The highest BCUT2D eigenvalue weighted by atomic mass is 35.5. The van der Waals surface area contributed by atoms with Gasteiger partial charge in [-0.3, -0.25) is 4.72 Å². The third-order valence-corrected chi connectivity index (χ3v) is 7.79. The van der Waals surface area contributed by atoms with Crippen LogP contribution in [0.5, 0.6) is 0 Å². The molecule has 1 unspecified atom stereocenters. The van der Waals surface area contributed by atoms with Crippen molar-refractivity contribution in [3.05, 3.63) is 58.9 Å². The number of nitrogens with one attached hydrogen (secondary N) is 1. The molecule has 0 radical (unpaired) electrons. The summed E-state index contributed by atoms with van der Waals surface area (Å²) in [6, 6.07) is 6.03. The number of benzene rings is 1. The van der Waals surface area contributed by atoms with Crippen LogP contribution in [0.1, 0.15) is 18.9 Å². The number of nitrogens with two attached hydrogens (primary N) is 1. The van der Waals surface area contributed by atoms with E-state index in [0.717, 1.165) is 0 Å². The highest BCUT2D eigenvalue weighted by Crippen LogP contribution is 2.41. The van der Waals surface area contributed by atoms with Gasteiger partial charge >= 0.3 is 0 Å². The number of thiazole rings is 1. The first-order valence-electron chi connectivity index (χ1n) is 9.44. The molecular formula is C20H19ClFN5O3S2. The van der Waals surface area contributed by atoms with Gasteiger partial charge in [-0.15, -0.1) is 11.3 Å². The van der Waals surface area contributed by atoms with Gasteiger partial charge in [0.2, 0.25) is 15.3 Å². The van der Waals surface area contributed by atoms with Gasteiger partial charge in [0, 0.05) is 11.8 Å². The van der Waals surface area contributed by atoms with Crippen molar-refractivity contribution in [1.29, 1.82) is 0 Å². The summed E-state index contributed by atoms with van der Waals surface area (Å²) in [6.45, 7) is 3.53. The molecule has 0 aliphatic carbocycles. The Labute approximate surface area is 193 Å². The molecule has 1 atom stereocenters. The first kappa shape index (κ1) is 22.6. The number of hydrogen-bond donors (Lipinski definition) is 2. The molecule has 0 bridgehead atoms. The van der Waals surface area contributed by atoms with Crippen molar-refractivity contribution < 1.29 is 17.5 Å². The maximum absolute atomic E-state index is 15.6. The van der Waals surface area contributed by atoms with Crippen LogP contribution in [0, 0.1) is 5.82 Å². The fraction of sp³-hybridized carbons (Fsp3) is 0.250. The van der Waals surface area contributed by atoms with Gasteiger partial charge in [0.1, 0.15) is 16.9 Å². The third kappa shape index (κ3) is 4.46. The van der Waals surface area contributed by atoms with E-state index in [1.54, 1.807) is 26.0 Å². The lowest BCUT2D eigenvalue weighted by Crippen LogP contribution is -2.28. The summed E-state index contributed by atoms with van der Waals surface area (Å²) < 4.78 is 48.0. The second kappa shape index (κ2) is 8.39. The lowest BCUT2D eigenvalue weighted by atomic mass is 10.1. The number of aromatic nitrogens is 3. The van der Waals surface area contributed by atoms with Crippen LogP contribution in [0.4, 0.5) is 10.1 Å². The number of hydrogen-bond acceptors (Lipinski definition) is 8. The van der Waals surface area contributed by atoms with Crippen molar-refractivity contribution in [2.45, 2.75) is 24.6 Å². The Balaban J connectivity index is 1.82. The second-order valence-corrected chi connectivity index (χ2v) is 10.9. The molecule has 3 heterocycles. The molecule has 2 aromatic heterocycles. The van der Waals surface area contributed by atoms with Gasteiger partial charge in [-0.2, -0.15) is 0 Å². The Morgan fingerprint density at radius 1 is 1.31 bits per heavy atom. The van der Waals surface area contributed by atoms with Crippen LogP contribution in [0.15, 0.2) is 42.8 Å². The predicted molar refractivity (Wildman–Crippen MR) is 122 cm³/mol. The summed E-state index contributed by atoms with van der Waals surface area (Å²) in [5, 5.41) is -0.326. The van der Waals surface area contributed by atoms with Crippen molar-refractivity contribution in [2.24, 2.45) is 5.73 Å². The van der Waals surface area contributed by atoms with Gasteiger partial charge in [-0.25, -0.2) is 27.8 Å². The standard InChI is InChI=1S/C20H19ClFN5O3S2/c1-20(2,23)18-26-16(17(31-18)14-6-8-24-19(21)25-14)12-4-3-5-13(15(12)22)27-32(28,29)11-7-9-30-10-11/h3-9,11,27H,10,23H2,1-2H3. The van der Waals surface area contributed by atoms with Crippen LogP contribution in [0.2, 0.25) is 5.28 Å². The van der Waals surface area contributed by atoms with Crippen LogP contribution >= 0.6 is 22.9 Å². The fourth-order valence-corrected chi connectivity index (χ4v) is 5.33. The summed E-state index contributed by atoms with van der Waals surface area (Å²) >= 11 is 7.21. The van der Waals surface area contributed by atoms with Crippen LogP contribution in [0.25, 0.3) is 21.8 Å². The molecule has 168 valence electrons. The first-order valence-corrected chi connectivity index (χ1v) is 12.2. The van der Waals surface area contributed by atoms with E-state index in [1.165, 1.54) is 42.0 Å². The number of nitrogens with zero attached hydrogens (tertiary/aromatic N) is 3. The molecule has 32 heavy (non-hydrogen) atoms. The van der Waals surface area contributed by atoms with E-state index >= 15 is 4.39 Å². The van der Waals surface area contributed by atoms with E-state index < -0.39 is 26.6 Å². The van der Waals surface area contributed by atoms with E-state index in [0.29, 0.717) is 15.6 Å². The molecule has 1 aromatic carbocycles. The monoisotopic (exact) mass is 495 g/mol. The Morgan fingerprint density at radius 2 is 2.09 bits per heavy atom. The zero-order valence-electron chi connectivity index (χ0n) is 17.0. The number of halogens is 2. The van der Waals surface area contributed by atoms with E-state index in [2.05, 4.69) is 19.7 Å². The van der Waals surface area contributed by atoms with Crippen molar-refractivity contribution in [3.63, 3.8) is 0 Å². The molecule has 4 rings (SSSR count). The Hall–Kier alpha value is -2.60. The molecule has 0 saturated heterocycles. The molecule has 8 nitrogen and oxygen atoms in total. The maximum Gasteiger partial charge on any atom is 0.242 e. The van der Waals surface area contributed by atoms with Crippen molar-refractivity contribution in [2.75, 3.05) is 11.3 Å². The smallest absolute Gasteiger partial charge is 0.242 e. The largest absolute Gasteiger partial charge is 0.500 e. The minimum Gasteiger partial charge on any atom is -0.500 e. The molecule has 1 aliphatic heterocycles. The summed E-state index contributed by atoms with van der Waals surface area (Å²) in [5.74, 6) is -0.771. The average molecular weight is 496 g/mol. The van der Waals surface area contributed by atoms with Gasteiger partial charge in [0.15, 0.2) is 5.82 Å². The van der Waals surface area contributed by atoms with Crippen LogP contribution in [-0.2, 0) is 20.3 Å². The van der Waals surface area contributed by atoms with Crippen molar-refractivity contribution in [3.8, 4) is 21.8 Å². The van der Waals surface area contributed by atoms with E-state index in [4.69, 9.17) is 22.1 Å². The number of sulfonamides is 1. The van der Waals surface area contributed by atoms with Crippen LogP contribution in [0.3, 0.4) is 0 Å². The van der Waals surface area contributed by atoms with Gasteiger partial charge in [-0.05, 0) is 49.7 Å². The summed E-state index contributed by atoms with van der Waals surface area (Å²) in [5.41, 5.74) is 6.07. The molecular weight excluding hydrogens is 477 g/mol. The average Bonchev–Trinajstić information content (AvgIpc) is 3.40. The highest BCUT2D eigenvalue weighted by Gasteiger charge is 2.29. The van der Waals surface area contributed by atoms with E-state index in [9.17, 15) is 8.42 Å². The Kier molecular flexibility index (Phi) is 5.93. The lowest BCUT2D eigenvalue weighted by molar-refractivity contribution is 0.282. The summed E-state index contributed by atoms with van der Waals surface area (Å²) in [7, 11) is -3.90. The lowest BCUT2D eigenvalue weighted by Gasteiger charge is -2.14. The first-order chi connectivity index (χ1) is 15.1. The van der Waals surface area contributed by atoms with Crippen molar-refractivity contribution >= 4 is 38.6 Å². The Morgan fingerprint density at radius 3 is 2.75 bits per heavy atom. The molecule has 0 spiro atoms. The van der Waals surface area contributed by atoms with Gasteiger partial charge in [0.25, 0.3) is 0 Å². The third-order valence-electron chi connectivity index (χ3n) is 4.59. The van der Waals surface area contributed by atoms with E-state index in [-0.39, 0.29) is 28.8 Å². The summed E-state index contributed by atoms with van der Waals surface area (Å²) in [6.07, 6.45) is 4.19. The normalized spacial score (nSPS) is 16.2. The fourth-order valence-electron chi connectivity index (χ4n) is 2.98. The second-order valence-electron chi connectivity index (χ2n) is 7.64. The van der Waals surface area contributed by atoms with Crippen molar-refractivity contribution in [1.82, 2.24) is 15.0 Å². The van der Waals surface area contributed by atoms with Crippen LogP contribution < -0.4 is 10.5 Å². The number of ether oxygens (including phenoxy) is 1. The minimum atomic E-state index is -3.90. The summed E-state index contributed by atoms with van der Waals surface area (Å²) in [4.78, 5) is 13.2. The van der Waals surface area contributed by atoms with Gasteiger partial charge in [0.05, 0.1) is 33.8 Å². The van der Waals surface area contributed by atoms with E-state index in [1.807, 2.05) is 0 Å². The van der Waals surface area contributed by atoms with Gasteiger partial charge in [-0.1, -0.05) is 6.07 Å². The Bertz CT molecular complexity index is 1300. The molecule has 0 fully saturated rings. The predicted octanol–water partition coefficient (Wildman–Crippen LogP) is 3.91. The number of anilines is 1. The molecule has 0 amide bonds. The maximum atomic E-state index is 15.6. The molecule has 3 aromatic rings. The molecule has 0 saturated carbocycles. The SMILES string of the molecule is CC(C)(N)c1nc(-c2cccc(NS(=O)(=O)C3C=COC3)c2F)c(-c2ccnc(Cl)n2)s1. The molecule has 12 heteroatoms. The minimum absolute atomic E-state index is 0.0315. The van der Waals surface area contributed by atoms with Crippen LogP contribution in [-0.4, -0.2) is 35.2 Å². The van der Waals surface area contributed by atoms with Gasteiger partial charge < -0.3 is 10.5 Å². The number of rotatable bonds is 6. The quantitative estimate of drug-likeness (QED) is 0.497. The molecule has 1 aliphatic rings. The highest BCUT2D eigenvalue weighted by molar-refractivity contribution is 7.93. The zero-order valence-corrected chi connectivity index (χ0v) is 19.4. The molecule has 3 N–H and O–H groups in total. The zero-order chi connectivity index (χ0) is 23.1.